The number of nitrogens with zero attached hydrogens (tertiary/aromatic N) is 1. The number of thiophene rings is 1. The Morgan fingerprint density at radius 3 is 3.00 bits per heavy atom. The SMILES string of the molecule is N#CNC(=O)CCCc1ccc(Br)s1. The molecule has 0 saturated heterocycles. The fraction of sp³-hybridized carbons (Fsp3) is 0.333. The van der Waals surface area contributed by atoms with Crippen molar-refractivity contribution < 1.29 is 4.79 Å². The highest BCUT2D eigenvalue weighted by Gasteiger charge is 2.01. The van der Waals surface area contributed by atoms with Crippen molar-refractivity contribution in [2.75, 3.05) is 0 Å². The molecule has 1 heterocycles. The zero-order valence-corrected chi connectivity index (χ0v) is 9.82. The number of carbonyl (C=O) groups is 1. The summed E-state index contributed by atoms with van der Waals surface area (Å²) >= 11 is 5.05. The van der Waals surface area contributed by atoms with Gasteiger partial charge in [0.25, 0.3) is 0 Å². The molecule has 5 heteroatoms. The summed E-state index contributed by atoms with van der Waals surface area (Å²) in [6.45, 7) is 0. The van der Waals surface area contributed by atoms with Crippen LogP contribution in [0.1, 0.15) is 17.7 Å². The van der Waals surface area contributed by atoms with Crippen molar-refractivity contribution in [3.8, 4) is 6.19 Å². The summed E-state index contributed by atoms with van der Waals surface area (Å²) in [6, 6.07) is 4.03. The summed E-state index contributed by atoms with van der Waals surface area (Å²) in [5, 5.41) is 10.3. The van der Waals surface area contributed by atoms with Crippen molar-refractivity contribution in [3.63, 3.8) is 0 Å². The molecule has 74 valence electrons. The maximum absolute atomic E-state index is 10.9. The number of halogens is 1. The van der Waals surface area contributed by atoms with E-state index in [1.165, 1.54) is 4.88 Å². The van der Waals surface area contributed by atoms with Gasteiger partial charge in [0, 0.05) is 11.3 Å². The molecular weight excluding hydrogens is 264 g/mol. The van der Waals surface area contributed by atoms with Crippen molar-refractivity contribution in [2.45, 2.75) is 19.3 Å². The summed E-state index contributed by atoms with van der Waals surface area (Å²) in [6.07, 6.45) is 3.68. The zero-order chi connectivity index (χ0) is 10.4. The molecule has 1 N–H and O–H groups in total. The molecular formula is C9H9BrN2OS. The van der Waals surface area contributed by atoms with E-state index in [0.717, 1.165) is 16.6 Å². The van der Waals surface area contributed by atoms with Gasteiger partial charge in [-0.25, -0.2) is 0 Å². The lowest BCUT2D eigenvalue weighted by atomic mass is 10.2. The second kappa shape index (κ2) is 5.78. The number of nitrogens with one attached hydrogen (secondary N) is 1. The molecule has 0 aliphatic heterocycles. The minimum atomic E-state index is -0.205. The summed E-state index contributed by atoms with van der Waals surface area (Å²) in [5.74, 6) is -0.205. The third-order valence-electron chi connectivity index (χ3n) is 1.65. The van der Waals surface area contributed by atoms with E-state index in [1.54, 1.807) is 17.5 Å². The number of rotatable bonds is 4. The van der Waals surface area contributed by atoms with E-state index >= 15 is 0 Å². The standard InChI is InChI=1S/C9H9BrN2OS/c10-8-5-4-7(14-8)2-1-3-9(13)12-6-11/h4-5H,1-3H2,(H,12,13). The predicted octanol–water partition coefficient (Wildman–Crippen LogP) is 2.43. The van der Waals surface area contributed by atoms with Gasteiger partial charge < -0.3 is 0 Å². The Balaban J connectivity index is 2.22. The van der Waals surface area contributed by atoms with E-state index in [1.807, 2.05) is 12.1 Å². The van der Waals surface area contributed by atoms with Gasteiger partial charge in [-0.05, 0) is 40.9 Å². The third kappa shape index (κ3) is 3.90. The molecule has 0 saturated carbocycles. The Morgan fingerprint density at radius 1 is 1.64 bits per heavy atom. The average Bonchev–Trinajstić information content (AvgIpc) is 2.52. The molecule has 1 amide bonds. The molecule has 0 aliphatic rings. The Labute approximate surface area is 94.9 Å². The van der Waals surface area contributed by atoms with Crippen LogP contribution in [0.25, 0.3) is 0 Å². The molecule has 14 heavy (non-hydrogen) atoms. The van der Waals surface area contributed by atoms with Gasteiger partial charge in [-0.1, -0.05) is 0 Å². The zero-order valence-electron chi connectivity index (χ0n) is 7.42. The maximum Gasteiger partial charge on any atom is 0.232 e. The Bertz CT molecular complexity index is 356. The maximum atomic E-state index is 10.9. The first-order valence-corrected chi connectivity index (χ1v) is 5.75. The van der Waals surface area contributed by atoms with Crippen LogP contribution in [0.15, 0.2) is 15.9 Å². The van der Waals surface area contributed by atoms with Gasteiger partial charge in [0.15, 0.2) is 6.19 Å². The van der Waals surface area contributed by atoms with Crippen molar-refractivity contribution >= 4 is 33.2 Å². The Hall–Kier alpha value is -0.860. The summed E-state index contributed by atoms with van der Waals surface area (Å²) in [5.41, 5.74) is 0. The number of hydrogen-bond donors (Lipinski definition) is 1. The largest absolute Gasteiger partial charge is 0.274 e. The van der Waals surface area contributed by atoms with Crippen LogP contribution in [0.2, 0.25) is 0 Å². The predicted molar refractivity (Wildman–Crippen MR) is 58.7 cm³/mol. The molecule has 0 radical (unpaired) electrons. The van der Waals surface area contributed by atoms with Crippen molar-refractivity contribution in [1.82, 2.24) is 5.32 Å². The van der Waals surface area contributed by atoms with Crippen molar-refractivity contribution in [1.29, 1.82) is 5.26 Å². The van der Waals surface area contributed by atoms with E-state index in [4.69, 9.17) is 5.26 Å². The molecule has 3 nitrogen and oxygen atoms in total. The molecule has 1 aromatic rings. The molecule has 0 aromatic carbocycles. The van der Waals surface area contributed by atoms with Gasteiger partial charge in [-0.15, -0.1) is 11.3 Å². The van der Waals surface area contributed by atoms with Gasteiger partial charge in [0.05, 0.1) is 3.79 Å². The number of amides is 1. The summed E-state index contributed by atoms with van der Waals surface area (Å²) < 4.78 is 1.11. The van der Waals surface area contributed by atoms with Gasteiger partial charge >= 0.3 is 0 Å². The van der Waals surface area contributed by atoms with Crippen LogP contribution < -0.4 is 5.32 Å². The Morgan fingerprint density at radius 2 is 2.43 bits per heavy atom. The minimum absolute atomic E-state index is 0.205. The molecule has 0 atom stereocenters. The third-order valence-corrected chi connectivity index (χ3v) is 3.33. The second-order valence-electron chi connectivity index (χ2n) is 2.72. The average molecular weight is 273 g/mol. The van der Waals surface area contributed by atoms with E-state index in [2.05, 4.69) is 21.2 Å². The molecule has 0 aliphatic carbocycles. The smallest absolute Gasteiger partial charge is 0.232 e. The second-order valence-corrected chi connectivity index (χ2v) is 5.27. The normalized spacial score (nSPS) is 9.43. The van der Waals surface area contributed by atoms with Crippen molar-refractivity contribution in [3.05, 3.63) is 20.8 Å². The number of nitriles is 1. The fourth-order valence-electron chi connectivity index (χ4n) is 1.03. The number of aryl methyl sites for hydroxylation is 1. The minimum Gasteiger partial charge on any atom is -0.274 e. The van der Waals surface area contributed by atoms with Crippen LogP contribution in [0, 0.1) is 11.5 Å². The van der Waals surface area contributed by atoms with E-state index in [-0.39, 0.29) is 5.91 Å². The monoisotopic (exact) mass is 272 g/mol. The van der Waals surface area contributed by atoms with Crippen LogP contribution in [-0.2, 0) is 11.2 Å². The van der Waals surface area contributed by atoms with Gasteiger partial charge in [0.1, 0.15) is 0 Å². The van der Waals surface area contributed by atoms with Crippen LogP contribution in [0.5, 0.6) is 0 Å². The lowest BCUT2D eigenvalue weighted by Gasteiger charge is -1.96. The van der Waals surface area contributed by atoms with Crippen LogP contribution in [0.3, 0.4) is 0 Å². The fourth-order valence-corrected chi connectivity index (χ4v) is 2.56. The molecule has 0 unspecified atom stereocenters. The highest BCUT2D eigenvalue weighted by molar-refractivity contribution is 9.11. The van der Waals surface area contributed by atoms with Gasteiger partial charge in [-0.2, -0.15) is 5.26 Å². The van der Waals surface area contributed by atoms with Crippen molar-refractivity contribution in [2.24, 2.45) is 0 Å². The first-order chi connectivity index (χ1) is 6.72. The topological polar surface area (TPSA) is 52.9 Å². The van der Waals surface area contributed by atoms with Gasteiger partial charge in [-0.3, -0.25) is 10.1 Å². The lowest BCUT2D eigenvalue weighted by Crippen LogP contribution is -2.16. The summed E-state index contributed by atoms with van der Waals surface area (Å²) in [4.78, 5) is 12.2. The quantitative estimate of drug-likeness (QED) is 0.676. The first-order valence-electron chi connectivity index (χ1n) is 4.14. The van der Waals surface area contributed by atoms with Gasteiger partial charge in [0.2, 0.25) is 5.91 Å². The molecule has 1 aromatic heterocycles. The van der Waals surface area contributed by atoms with Crippen LogP contribution in [0.4, 0.5) is 0 Å². The highest BCUT2D eigenvalue weighted by atomic mass is 79.9. The van der Waals surface area contributed by atoms with E-state index in [9.17, 15) is 4.79 Å². The summed E-state index contributed by atoms with van der Waals surface area (Å²) in [7, 11) is 0. The first kappa shape index (κ1) is 11.2. The number of hydrogen-bond acceptors (Lipinski definition) is 3. The molecule has 0 fully saturated rings. The van der Waals surface area contributed by atoms with Crippen LogP contribution in [-0.4, -0.2) is 5.91 Å². The van der Waals surface area contributed by atoms with E-state index < -0.39 is 0 Å². The lowest BCUT2D eigenvalue weighted by molar-refractivity contribution is -0.120. The Kier molecular flexibility index (Phi) is 4.63. The molecule has 1 rings (SSSR count). The van der Waals surface area contributed by atoms with E-state index in [0.29, 0.717) is 6.42 Å². The van der Waals surface area contributed by atoms with Crippen LogP contribution >= 0.6 is 27.3 Å². The molecule has 0 bridgehead atoms. The highest BCUT2D eigenvalue weighted by Crippen LogP contribution is 2.23. The molecule has 0 spiro atoms. The number of carbonyl (C=O) groups excluding carboxylic acids is 1.